The van der Waals surface area contributed by atoms with E-state index in [1.54, 1.807) is 0 Å². The number of ether oxygens (including phenoxy) is 4. The molecule has 0 amide bonds. The van der Waals surface area contributed by atoms with Crippen molar-refractivity contribution >= 4 is 11.8 Å². The van der Waals surface area contributed by atoms with Crippen molar-refractivity contribution < 1.29 is 28.5 Å². The van der Waals surface area contributed by atoms with E-state index in [2.05, 4.69) is 5.32 Å². The summed E-state index contributed by atoms with van der Waals surface area (Å²) in [5.41, 5.74) is 4.40. The van der Waals surface area contributed by atoms with E-state index in [0.717, 1.165) is 29.0 Å². The van der Waals surface area contributed by atoms with E-state index in [-0.39, 0.29) is 18.5 Å². The van der Waals surface area contributed by atoms with E-state index in [4.69, 9.17) is 18.9 Å². The van der Waals surface area contributed by atoms with Gasteiger partial charge in [-0.3, -0.25) is 4.79 Å². The van der Waals surface area contributed by atoms with Crippen LogP contribution >= 0.6 is 0 Å². The third-order valence-electron chi connectivity index (χ3n) is 6.79. The van der Waals surface area contributed by atoms with Crippen LogP contribution in [0.25, 0.3) is 0 Å². The number of nitrogens with one attached hydrogen (secondary N) is 1. The molecule has 2 atom stereocenters. The van der Waals surface area contributed by atoms with Gasteiger partial charge in [-0.05, 0) is 49.4 Å². The van der Waals surface area contributed by atoms with Gasteiger partial charge in [0.05, 0.1) is 25.2 Å². The van der Waals surface area contributed by atoms with Gasteiger partial charge in [-0.15, -0.1) is 0 Å². The second kappa shape index (κ2) is 9.49. The molecule has 0 spiro atoms. The molecule has 0 aromatic heterocycles. The number of benzene rings is 2. The summed E-state index contributed by atoms with van der Waals surface area (Å²) < 4.78 is 22.2. The van der Waals surface area contributed by atoms with E-state index in [9.17, 15) is 9.59 Å². The van der Waals surface area contributed by atoms with Crippen molar-refractivity contribution in [2.75, 3.05) is 20.5 Å². The van der Waals surface area contributed by atoms with E-state index in [1.807, 2.05) is 56.3 Å². The highest BCUT2D eigenvalue weighted by Gasteiger charge is 2.42. The maximum Gasteiger partial charge on any atom is 0.336 e. The molecule has 7 heteroatoms. The summed E-state index contributed by atoms with van der Waals surface area (Å²) in [4.78, 5) is 26.7. The summed E-state index contributed by atoms with van der Waals surface area (Å²) in [5, 5.41) is 3.37. The minimum Gasteiger partial charge on any atom is -0.493 e. The fraction of sp³-hybridized carbons (Fsp3) is 0.357. The first-order chi connectivity index (χ1) is 17.0. The lowest BCUT2D eigenvalue weighted by Crippen LogP contribution is -2.36. The van der Waals surface area contributed by atoms with Gasteiger partial charge in [0.15, 0.2) is 17.3 Å². The van der Waals surface area contributed by atoms with Crippen LogP contribution in [0.5, 0.6) is 17.2 Å². The minimum atomic E-state index is -0.558. The van der Waals surface area contributed by atoms with E-state index < -0.39 is 11.9 Å². The van der Waals surface area contributed by atoms with Gasteiger partial charge in [-0.2, -0.15) is 0 Å². The largest absolute Gasteiger partial charge is 0.493 e. The number of carbonyl (C=O) groups excluding carboxylic acids is 2. The van der Waals surface area contributed by atoms with Crippen LogP contribution in [0.1, 0.15) is 56.1 Å². The third-order valence-corrected chi connectivity index (χ3v) is 6.79. The molecule has 0 radical (unpaired) electrons. The smallest absolute Gasteiger partial charge is 0.336 e. The fourth-order valence-electron chi connectivity index (χ4n) is 5.20. The van der Waals surface area contributed by atoms with Crippen LogP contribution in [0.2, 0.25) is 0 Å². The normalized spacial score (nSPS) is 20.9. The average Bonchev–Trinajstić information content (AvgIpc) is 3.34. The van der Waals surface area contributed by atoms with Gasteiger partial charge in [-0.1, -0.05) is 31.2 Å². The first kappa shape index (κ1) is 23.0. The number of methoxy groups -OCH3 is 1. The van der Waals surface area contributed by atoms with Crippen LogP contribution in [0.15, 0.2) is 65.0 Å². The first-order valence-corrected chi connectivity index (χ1v) is 11.9. The molecule has 1 aliphatic carbocycles. The van der Waals surface area contributed by atoms with Gasteiger partial charge >= 0.3 is 5.97 Å². The van der Waals surface area contributed by atoms with Gasteiger partial charge in [0.25, 0.3) is 0 Å². The molecular formula is C28H29NO6. The second-order valence-electron chi connectivity index (χ2n) is 9.01. The zero-order valence-corrected chi connectivity index (χ0v) is 20.2. The van der Waals surface area contributed by atoms with Gasteiger partial charge in [-0.25, -0.2) is 4.79 Å². The zero-order chi connectivity index (χ0) is 24.5. The number of hydrogen-bond donors (Lipinski definition) is 1. The number of rotatable bonds is 6. The minimum absolute atomic E-state index is 0.00520. The summed E-state index contributed by atoms with van der Waals surface area (Å²) in [6.07, 6.45) is 1.83. The summed E-state index contributed by atoms with van der Waals surface area (Å²) >= 11 is 0. The molecule has 0 saturated carbocycles. The van der Waals surface area contributed by atoms with E-state index in [1.165, 1.54) is 7.11 Å². The highest BCUT2D eigenvalue weighted by molar-refractivity contribution is 6.04. The molecule has 5 rings (SSSR count). The first-order valence-electron chi connectivity index (χ1n) is 11.9. The quantitative estimate of drug-likeness (QED) is 0.605. The molecule has 2 aromatic carbocycles. The second-order valence-corrected chi connectivity index (χ2v) is 9.01. The summed E-state index contributed by atoms with van der Waals surface area (Å²) in [5.74, 6) is 1.08. The number of hydrogen-bond acceptors (Lipinski definition) is 7. The van der Waals surface area contributed by atoms with Gasteiger partial charge < -0.3 is 24.3 Å². The number of ketones is 1. The van der Waals surface area contributed by atoms with E-state index in [0.29, 0.717) is 47.8 Å². The van der Waals surface area contributed by atoms with Crippen LogP contribution in [-0.4, -0.2) is 32.3 Å². The highest BCUT2D eigenvalue weighted by atomic mass is 16.7. The highest BCUT2D eigenvalue weighted by Crippen LogP contribution is 2.48. The van der Waals surface area contributed by atoms with Crippen molar-refractivity contribution in [1.29, 1.82) is 0 Å². The fourth-order valence-corrected chi connectivity index (χ4v) is 5.20. The lowest BCUT2D eigenvalue weighted by molar-refractivity contribution is -0.136. The topological polar surface area (TPSA) is 83.1 Å². The number of carbonyl (C=O) groups is 2. The maximum atomic E-state index is 13.7. The Morgan fingerprint density at radius 1 is 1.11 bits per heavy atom. The lowest BCUT2D eigenvalue weighted by atomic mass is 9.71. The number of esters is 1. The molecule has 2 aliphatic heterocycles. The van der Waals surface area contributed by atoms with Gasteiger partial charge in [0.1, 0.15) is 5.75 Å². The molecule has 0 fully saturated rings. The predicted octanol–water partition coefficient (Wildman–Crippen LogP) is 4.74. The Hall–Kier alpha value is -3.74. The Morgan fingerprint density at radius 2 is 1.91 bits per heavy atom. The van der Waals surface area contributed by atoms with Crippen molar-refractivity contribution in [3.05, 3.63) is 76.1 Å². The number of para-hydroxylation sites is 1. The Balaban J connectivity index is 1.57. The van der Waals surface area contributed by atoms with Crippen molar-refractivity contribution in [1.82, 2.24) is 5.32 Å². The molecule has 0 saturated heterocycles. The van der Waals surface area contributed by atoms with Gasteiger partial charge in [0, 0.05) is 29.0 Å². The van der Waals surface area contributed by atoms with Crippen LogP contribution in [0.3, 0.4) is 0 Å². The molecular weight excluding hydrogens is 446 g/mol. The number of allylic oxidation sites excluding steroid dienone is 3. The van der Waals surface area contributed by atoms with Crippen LogP contribution < -0.4 is 19.5 Å². The van der Waals surface area contributed by atoms with E-state index >= 15 is 0 Å². The Bertz CT molecular complexity index is 1240. The van der Waals surface area contributed by atoms with Crippen molar-refractivity contribution in [3.8, 4) is 17.2 Å². The molecule has 0 unspecified atom stereocenters. The number of dihydropyridines is 1. The zero-order valence-electron chi connectivity index (χ0n) is 20.2. The molecule has 2 aromatic rings. The SMILES string of the molecule is CCCOc1ccccc1[C@H]1C(C(=O)OC)=C(C)NC2=C1C(=O)C[C@@H](c1ccc3c(c1)OCO3)C2. The molecule has 2 heterocycles. The standard InChI is InChI=1S/C28H29NO6/c1-4-11-33-22-8-6-5-7-19(22)26-25(28(31)32-3)16(2)29-20-12-18(13-21(30)27(20)26)17-9-10-23-24(14-17)35-15-34-23/h5-10,14,18,26,29H,4,11-13,15H2,1-3H3/t18-,26-/m0/s1. The molecule has 0 bridgehead atoms. The monoisotopic (exact) mass is 475 g/mol. The van der Waals surface area contributed by atoms with Crippen molar-refractivity contribution in [2.45, 2.75) is 44.9 Å². The number of Topliss-reactive ketones (excluding diaryl/α,β-unsaturated/α-hetero) is 1. The molecule has 1 N–H and O–H groups in total. The molecule has 35 heavy (non-hydrogen) atoms. The maximum absolute atomic E-state index is 13.7. The molecule has 3 aliphatic rings. The third kappa shape index (κ3) is 4.16. The summed E-state index contributed by atoms with van der Waals surface area (Å²) in [7, 11) is 1.36. The average molecular weight is 476 g/mol. The summed E-state index contributed by atoms with van der Waals surface area (Å²) in [6, 6.07) is 13.5. The van der Waals surface area contributed by atoms with Crippen molar-refractivity contribution in [3.63, 3.8) is 0 Å². The summed E-state index contributed by atoms with van der Waals surface area (Å²) in [6.45, 7) is 4.65. The Morgan fingerprint density at radius 3 is 2.71 bits per heavy atom. The van der Waals surface area contributed by atoms with Crippen molar-refractivity contribution in [2.24, 2.45) is 0 Å². The Labute approximate surface area is 204 Å². The predicted molar refractivity (Wildman–Crippen MR) is 129 cm³/mol. The molecule has 182 valence electrons. The lowest BCUT2D eigenvalue weighted by Gasteiger charge is -2.37. The van der Waals surface area contributed by atoms with Crippen LogP contribution in [0.4, 0.5) is 0 Å². The van der Waals surface area contributed by atoms with Crippen LogP contribution in [0, 0.1) is 0 Å². The van der Waals surface area contributed by atoms with Gasteiger partial charge in [0.2, 0.25) is 6.79 Å². The Kier molecular flexibility index (Phi) is 6.24. The van der Waals surface area contributed by atoms with Crippen LogP contribution in [-0.2, 0) is 14.3 Å². The molecule has 7 nitrogen and oxygen atoms in total. The number of fused-ring (bicyclic) bond motifs is 1.